The molecular weight excluding hydrogens is 590 g/mol. The number of aliphatic hydroxyl groups is 1. The van der Waals surface area contributed by atoms with E-state index in [-0.39, 0.29) is 19.6 Å². The molecule has 1 fully saturated rings. The molecule has 0 spiro atoms. The number of ether oxygens (including phenoxy) is 2. The van der Waals surface area contributed by atoms with Crippen LogP contribution in [0.4, 0.5) is 4.79 Å². The summed E-state index contributed by atoms with van der Waals surface area (Å²) >= 11 is 3.57. The lowest BCUT2D eigenvalue weighted by molar-refractivity contribution is -0.155. The van der Waals surface area contributed by atoms with E-state index < -0.39 is 36.0 Å². The first-order valence-corrected chi connectivity index (χ1v) is 14.8. The fourth-order valence-electron chi connectivity index (χ4n) is 5.14. The average molecular weight is 627 g/mol. The molecule has 4 rings (SSSR count). The van der Waals surface area contributed by atoms with Gasteiger partial charge in [0.1, 0.15) is 18.1 Å². The number of hydrogen-bond acceptors (Lipinski definition) is 7. The van der Waals surface area contributed by atoms with Crippen molar-refractivity contribution in [2.45, 2.75) is 64.0 Å². The summed E-state index contributed by atoms with van der Waals surface area (Å²) in [5.74, 6) is -0.973. The maximum absolute atomic E-state index is 14.3. The number of carbonyl (C=O) groups excluding carboxylic acids is 3. The fourth-order valence-corrected chi connectivity index (χ4v) is 5.65. The van der Waals surface area contributed by atoms with E-state index in [1.807, 2.05) is 60.7 Å². The van der Waals surface area contributed by atoms with Crippen LogP contribution in [0.1, 0.15) is 61.4 Å². The van der Waals surface area contributed by atoms with E-state index in [4.69, 9.17) is 19.0 Å². The number of hydrogen-bond donors (Lipinski definition) is 1. The minimum Gasteiger partial charge on any atom is -0.461 e. The summed E-state index contributed by atoms with van der Waals surface area (Å²) in [6, 6.07) is 20.3. The fraction of sp³-hybridized carbons (Fsp3) is 0.406. The van der Waals surface area contributed by atoms with Crippen LogP contribution in [0, 0.1) is 5.92 Å². The van der Waals surface area contributed by atoms with Crippen LogP contribution in [0.2, 0.25) is 0 Å². The largest absolute Gasteiger partial charge is 0.461 e. The molecule has 2 aromatic carbocycles. The van der Waals surface area contributed by atoms with E-state index >= 15 is 0 Å². The first-order chi connectivity index (χ1) is 19.9. The van der Waals surface area contributed by atoms with Crippen molar-refractivity contribution in [1.82, 2.24) is 4.90 Å². The van der Waals surface area contributed by atoms with Crippen LogP contribution in [0.3, 0.4) is 0 Å². The molecule has 1 saturated heterocycles. The Morgan fingerprint density at radius 2 is 1.68 bits per heavy atom. The number of carbonyl (C=O) groups is 3. The van der Waals surface area contributed by atoms with Crippen molar-refractivity contribution in [2.24, 2.45) is 5.92 Å². The van der Waals surface area contributed by atoms with Gasteiger partial charge < -0.3 is 19.0 Å². The number of benzene rings is 2. The Morgan fingerprint density at radius 3 is 2.34 bits per heavy atom. The maximum atomic E-state index is 14.3. The Morgan fingerprint density at radius 1 is 1.02 bits per heavy atom. The van der Waals surface area contributed by atoms with Gasteiger partial charge in [-0.1, -0.05) is 73.5 Å². The number of esters is 1. The molecule has 1 aliphatic heterocycles. The number of nitrogens with zero attached hydrogens (tertiary/aromatic N) is 1. The highest BCUT2D eigenvalue weighted by Crippen LogP contribution is 2.37. The molecule has 2 heterocycles. The van der Waals surface area contributed by atoms with Crippen LogP contribution < -0.4 is 0 Å². The molecule has 0 unspecified atom stereocenters. The zero-order chi connectivity index (χ0) is 29.2. The van der Waals surface area contributed by atoms with Gasteiger partial charge in [-0.15, -0.1) is 0 Å². The van der Waals surface area contributed by atoms with Gasteiger partial charge in [-0.25, -0.2) is 9.69 Å². The summed E-state index contributed by atoms with van der Waals surface area (Å²) in [7, 11) is 0. The quantitative estimate of drug-likeness (QED) is 0.168. The first kappa shape index (κ1) is 30.5. The lowest BCUT2D eigenvalue weighted by atomic mass is 9.90. The third kappa shape index (κ3) is 8.30. The normalized spacial score (nSPS) is 16.3. The number of furan rings is 1. The Bertz CT molecular complexity index is 1290. The minimum atomic E-state index is -1.06. The van der Waals surface area contributed by atoms with Crippen molar-refractivity contribution in [1.29, 1.82) is 0 Å². The van der Waals surface area contributed by atoms with Gasteiger partial charge in [-0.05, 0) is 58.8 Å². The van der Waals surface area contributed by atoms with Crippen LogP contribution in [-0.2, 0) is 38.3 Å². The Labute approximate surface area is 248 Å². The third-order valence-electron chi connectivity index (χ3n) is 7.16. The lowest BCUT2D eigenvalue weighted by Crippen LogP contribution is -2.46. The molecular formula is C32H36BrNO7. The molecule has 0 radical (unpaired) electrons. The number of amides is 2. The number of halogens is 1. The summed E-state index contributed by atoms with van der Waals surface area (Å²) in [4.78, 5) is 40.7. The van der Waals surface area contributed by atoms with Crippen molar-refractivity contribution in [2.75, 3.05) is 13.2 Å². The van der Waals surface area contributed by atoms with Crippen LogP contribution in [0.5, 0.6) is 0 Å². The van der Waals surface area contributed by atoms with Crippen molar-refractivity contribution < 1.29 is 33.4 Å². The monoisotopic (exact) mass is 625 g/mol. The second-order valence-corrected chi connectivity index (χ2v) is 11.1. The molecule has 8 nitrogen and oxygen atoms in total. The second-order valence-electron chi connectivity index (χ2n) is 10.3. The Hall–Kier alpha value is -3.43. The van der Waals surface area contributed by atoms with Crippen molar-refractivity contribution >= 4 is 33.9 Å². The average Bonchev–Trinajstić information content (AvgIpc) is 3.52. The second kappa shape index (κ2) is 15.0. The molecule has 9 heteroatoms. The summed E-state index contributed by atoms with van der Waals surface area (Å²) in [6.07, 6.45) is 3.00. The molecule has 0 saturated carbocycles. The van der Waals surface area contributed by atoms with E-state index in [1.165, 1.54) is 11.8 Å². The highest BCUT2D eigenvalue weighted by atomic mass is 79.9. The van der Waals surface area contributed by atoms with Gasteiger partial charge in [0.2, 0.25) is 5.91 Å². The van der Waals surface area contributed by atoms with Crippen molar-refractivity contribution in [3.05, 3.63) is 93.9 Å². The first-order valence-electron chi connectivity index (χ1n) is 14.0. The van der Waals surface area contributed by atoms with Gasteiger partial charge in [0.15, 0.2) is 6.10 Å². The zero-order valence-corrected chi connectivity index (χ0v) is 24.8. The molecule has 0 bridgehead atoms. The number of aryl methyl sites for hydroxylation is 1. The molecule has 218 valence electrons. The SMILES string of the molecule is CC(=O)O[C@@H](c1cc(Br)c(CCCCCCO)o1)[C@@H](Cc1ccccc1)C(=O)N1C(=O)OC[C@H]1Cc1ccccc1. The highest BCUT2D eigenvalue weighted by molar-refractivity contribution is 9.10. The summed E-state index contributed by atoms with van der Waals surface area (Å²) in [5, 5.41) is 9.02. The third-order valence-corrected chi connectivity index (χ3v) is 7.83. The van der Waals surface area contributed by atoms with Gasteiger partial charge in [0.05, 0.1) is 16.4 Å². The zero-order valence-electron chi connectivity index (χ0n) is 23.2. The minimum absolute atomic E-state index is 0.0858. The summed E-state index contributed by atoms with van der Waals surface area (Å²) in [6.45, 7) is 1.55. The molecule has 0 aliphatic carbocycles. The van der Waals surface area contributed by atoms with Crippen LogP contribution >= 0.6 is 15.9 Å². The predicted octanol–water partition coefficient (Wildman–Crippen LogP) is 6.19. The molecule has 3 aromatic rings. The van der Waals surface area contributed by atoms with Crippen molar-refractivity contribution in [3.8, 4) is 0 Å². The van der Waals surface area contributed by atoms with Gasteiger partial charge >= 0.3 is 12.1 Å². The lowest BCUT2D eigenvalue weighted by Gasteiger charge is -2.29. The van der Waals surface area contributed by atoms with E-state index in [0.717, 1.165) is 41.3 Å². The molecule has 2 amide bonds. The highest BCUT2D eigenvalue weighted by Gasteiger charge is 2.45. The number of imide groups is 1. The van der Waals surface area contributed by atoms with Gasteiger partial charge in [-0.3, -0.25) is 9.59 Å². The number of rotatable bonds is 14. The smallest absolute Gasteiger partial charge is 0.416 e. The molecule has 1 N–H and O–H groups in total. The number of unbranched alkanes of at least 4 members (excludes halogenated alkanes) is 3. The predicted molar refractivity (Wildman–Crippen MR) is 156 cm³/mol. The number of cyclic esters (lactones) is 1. The maximum Gasteiger partial charge on any atom is 0.416 e. The Kier molecular flexibility index (Phi) is 11.2. The molecule has 1 aliphatic rings. The molecule has 41 heavy (non-hydrogen) atoms. The summed E-state index contributed by atoms with van der Waals surface area (Å²) < 4.78 is 18.1. The van der Waals surface area contributed by atoms with Crippen molar-refractivity contribution in [3.63, 3.8) is 0 Å². The van der Waals surface area contributed by atoms with E-state index in [0.29, 0.717) is 24.4 Å². The summed E-state index contributed by atoms with van der Waals surface area (Å²) in [5.41, 5.74) is 1.83. The molecule has 1 aromatic heterocycles. The number of aliphatic hydroxyl groups excluding tert-OH is 1. The van der Waals surface area contributed by atoms with Gasteiger partial charge in [-0.2, -0.15) is 0 Å². The van der Waals surface area contributed by atoms with Crippen LogP contribution in [0.15, 0.2) is 75.6 Å². The standard InChI is InChI=1S/C32H36BrNO7/c1-22(36)40-30(29-20-27(33)28(41-29)16-10-2-3-11-17-35)26(19-24-14-8-5-9-15-24)31(37)34-25(21-39-32(34)38)18-23-12-6-4-7-13-23/h4-9,12-15,20,25-26,30,35H,2-3,10-11,16-19,21H2,1H3/t25-,26-,30-/m1/s1. The topological polar surface area (TPSA) is 106 Å². The van der Waals surface area contributed by atoms with Gasteiger partial charge in [0.25, 0.3) is 0 Å². The van der Waals surface area contributed by atoms with E-state index in [2.05, 4.69) is 15.9 Å². The van der Waals surface area contributed by atoms with Crippen LogP contribution in [-0.4, -0.2) is 47.2 Å². The van der Waals surface area contributed by atoms with E-state index in [9.17, 15) is 14.4 Å². The van der Waals surface area contributed by atoms with E-state index in [1.54, 1.807) is 6.07 Å². The van der Waals surface area contributed by atoms with Crippen LogP contribution in [0.25, 0.3) is 0 Å². The molecule has 3 atom stereocenters. The van der Waals surface area contributed by atoms with Gasteiger partial charge in [0, 0.05) is 20.0 Å². The Balaban J connectivity index is 1.65.